The number of alkyl halides is 3. The third-order valence-electron chi connectivity index (χ3n) is 7.65. The molecular formula is C29H27F3N6O3. The third kappa shape index (κ3) is 5.10. The number of carbonyl (C=O) groups excluding carboxylic acids is 2. The van der Waals surface area contributed by atoms with Gasteiger partial charge < -0.3 is 25.3 Å². The van der Waals surface area contributed by atoms with Gasteiger partial charge in [-0.3, -0.25) is 9.59 Å². The molecule has 1 saturated carbocycles. The zero-order valence-electron chi connectivity index (χ0n) is 22.1. The van der Waals surface area contributed by atoms with E-state index in [1.807, 2.05) is 6.07 Å². The topological polar surface area (TPSA) is 112 Å². The number of H-pyrrole nitrogens is 1. The van der Waals surface area contributed by atoms with Gasteiger partial charge in [-0.2, -0.15) is 13.2 Å². The minimum Gasteiger partial charge on any atom is -0.378 e. The van der Waals surface area contributed by atoms with E-state index in [9.17, 15) is 22.8 Å². The summed E-state index contributed by atoms with van der Waals surface area (Å²) in [6.07, 6.45) is -0.189. The average molecular weight is 565 g/mol. The van der Waals surface area contributed by atoms with Gasteiger partial charge in [0.05, 0.1) is 29.9 Å². The molecule has 6 rings (SSSR count). The van der Waals surface area contributed by atoms with Gasteiger partial charge in [-0.1, -0.05) is 6.07 Å². The lowest BCUT2D eigenvalue weighted by Gasteiger charge is -2.31. The minimum absolute atomic E-state index is 0.0155. The van der Waals surface area contributed by atoms with Crippen molar-refractivity contribution in [2.75, 3.05) is 41.8 Å². The number of nitrogens with one attached hydrogen (secondary N) is 3. The van der Waals surface area contributed by atoms with Crippen LogP contribution in [0.2, 0.25) is 0 Å². The van der Waals surface area contributed by atoms with Crippen molar-refractivity contribution >= 4 is 39.9 Å². The SMILES string of the molecule is Cc1ccc(C(=O)Nc2ccc(N3CCOCC3)c(C(F)(F)F)c2)cc1NC(=O)C1(c2ncnc3[nH]ccc23)CC1. The Morgan fingerprint density at radius 1 is 1.02 bits per heavy atom. The Hall–Kier alpha value is -4.45. The molecule has 4 aromatic rings. The van der Waals surface area contributed by atoms with E-state index in [4.69, 9.17) is 4.74 Å². The van der Waals surface area contributed by atoms with E-state index >= 15 is 0 Å². The smallest absolute Gasteiger partial charge is 0.378 e. The lowest BCUT2D eigenvalue weighted by Crippen LogP contribution is -2.37. The zero-order valence-corrected chi connectivity index (χ0v) is 22.1. The first-order chi connectivity index (χ1) is 19.7. The van der Waals surface area contributed by atoms with Crippen LogP contribution in [0.15, 0.2) is 55.0 Å². The Bertz CT molecular complexity index is 1640. The van der Waals surface area contributed by atoms with Crippen molar-refractivity contribution in [3.8, 4) is 0 Å². The highest BCUT2D eigenvalue weighted by molar-refractivity contribution is 6.07. The van der Waals surface area contributed by atoms with Crippen molar-refractivity contribution in [1.29, 1.82) is 0 Å². The fraction of sp³-hybridized carbons (Fsp3) is 0.310. The van der Waals surface area contributed by atoms with Crippen molar-refractivity contribution in [3.63, 3.8) is 0 Å². The molecule has 212 valence electrons. The summed E-state index contributed by atoms with van der Waals surface area (Å²) in [5.74, 6) is -0.841. The second kappa shape index (κ2) is 10.2. The molecule has 41 heavy (non-hydrogen) atoms. The van der Waals surface area contributed by atoms with Crippen LogP contribution in [-0.2, 0) is 21.1 Å². The molecule has 1 aliphatic heterocycles. The van der Waals surface area contributed by atoms with E-state index in [2.05, 4.69) is 25.6 Å². The average Bonchev–Trinajstić information content (AvgIpc) is 3.63. The first-order valence-corrected chi connectivity index (χ1v) is 13.2. The Labute approximate surface area is 233 Å². The number of amides is 2. The molecule has 2 amide bonds. The van der Waals surface area contributed by atoms with Gasteiger partial charge in [0.2, 0.25) is 5.91 Å². The molecule has 0 unspecified atom stereocenters. The summed E-state index contributed by atoms with van der Waals surface area (Å²) in [5, 5.41) is 6.30. The summed E-state index contributed by atoms with van der Waals surface area (Å²) in [5.41, 5.74) is 1.09. The highest BCUT2D eigenvalue weighted by atomic mass is 19.4. The summed E-state index contributed by atoms with van der Waals surface area (Å²) in [6.45, 7) is 3.19. The van der Waals surface area contributed by atoms with Crippen LogP contribution in [0.4, 0.5) is 30.2 Å². The summed E-state index contributed by atoms with van der Waals surface area (Å²) in [7, 11) is 0. The molecule has 3 heterocycles. The Kier molecular flexibility index (Phi) is 6.65. The van der Waals surface area contributed by atoms with E-state index in [0.717, 1.165) is 17.0 Å². The predicted molar refractivity (Wildman–Crippen MR) is 147 cm³/mol. The zero-order chi connectivity index (χ0) is 28.8. The van der Waals surface area contributed by atoms with Gasteiger partial charge in [-0.15, -0.1) is 0 Å². The summed E-state index contributed by atoms with van der Waals surface area (Å²) in [6, 6.07) is 10.4. The lowest BCUT2D eigenvalue weighted by atomic mass is 9.98. The molecule has 2 aromatic carbocycles. The Morgan fingerprint density at radius 3 is 2.54 bits per heavy atom. The number of aromatic nitrogens is 3. The van der Waals surface area contributed by atoms with E-state index in [1.165, 1.54) is 24.5 Å². The maximum absolute atomic E-state index is 13.9. The van der Waals surface area contributed by atoms with Crippen LogP contribution in [0, 0.1) is 6.92 Å². The molecule has 1 aliphatic carbocycles. The molecule has 0 radical (unpaired) electrons. The summed E-state index contributed by atoms with van der Waals surface area (Å²) >= 11 is 0. The van der Waals surface area contributed by atoms with E-state index < -0.39 is 23.1 Å². The number of fused-ring (bicyclic) bond motifs is 1. The normalized spacial score (nSPS) is 16.4. The molecule has 9 nitrogen and oxygen atoms in total. The standard InChI is InChI=1S/C29H27F3N6O3/c1-17-2-3-18(14-22(17)37-27(40)28(7-8-28)24-20-6-9-33-25(20)35-16-34-24)26(39)36-19-4-5-23(21(15-19)29(30,31)32)38-10-12-41-13-11-38/h2-6,9,14-16H,7-8,10-13H2,1H3,(H,36,39)(H,37,40)(H,33,34,35). The highest BCUT2D eigenvalue weighted by Crippen LogP contribution is 2.50. The number of hydrogen-bond donors (Lipinski definition) is 3. The number of rotatable bonds is 6. The van der Waals surface area contributed by atoms with Crippen LogP contribution in [-0.4, -0.2) is 53.1 Å². The molecule has 2 aliphatic rings. The lowest BCUT2D eigenvalue weighted by molar-refractivity contribution is -0.137. The molecule has 1 saturated heterocycles. The predicted octanol–water partition coefficient (Wildman–Crippen LogP) is 5.04. The summed E-state index contributed by atoms with van der Waals surface area (Å²) < 4.78 is 47.1. The quantitative estimate of drug-likeness (QED) is 0.303. The van der Waals surface area contributed by atoms with Crippen LogP contribution in [0.1, 0.15) is 40.0 Å². The van der Waals surface area contributed by atoms with Gasteiger partial charge >= 0.3 is 6.18 Å². The van der Waals surface area contributed by atoms with Gasteiger partial charge in [0.25, 0.3) is 5.91 Å². The number of aromatic amines is 1. The van der Waals surface area contributed by atoms with Crippen molar-refractivity contribution < 1.29 is 27.5 Å². The number of morpholine rings is 1. The first-order valence-electron chi connectivity index (χ1n) is 13.2. The third-order valence-corrected chi connectivity index (χ3v) is 7.65. The van der Waals surface area contributed by atoms with Crippen LogP contribution in [0.25, 0.3) is 11.0 Å². The van der Waals surface area contributed by atoms with Gasteiger partial charge in [-0.05, 0) is 61.7 Å². The monoisotopic (exact) mass is 564 g/mol. The van der Waals surface area contributed by atoms with Gasteiger partial charge in [-0.25, -0.2) is 9.97 Å². The largest absolute Gasteiger partial charge is 0.418 e. The Morgan fingerprint density at radius 2 is 1.80 bits per heavy atom. The number of benzene rings is 2. The molecular weight excluding hydrogens is 537 g/mol. The second-order valence-electron chi connectivity index (χ2n) is 10.3. The Balaban J connectivity index is 1.22. The van der Waals surface area contributed by atoms with Crippen LogP contribution in [0.5, 0.6) is 0 Å². The number of carbonyl (C=O) groups is 2. The number of aryl methyl sites for hydroxylation is 1. The maximum atomic E-state index is 13.9. The first kappa shape index (κ1) is 26.8. The molecule has 2 aromatic heterocycles. The van der Waals surface area contributed by atoms with Crippen molar-refractivity contribution in [2.24, 2.45) is 0 Å². The number of halogens is 3. The van der Waals surface area contributed by atoms with E-state index in [0.29, 0.717) is 56.2 Å². The molecule has 0 atom stereocenters. The van der Waals surface area contributed by atoms with Gasteiger partial charge in [0, 0.05) is 47.3 Å². The van der Waals surface area contributed by atoms with Crippen molar-refractivity contribution in [3.05, 3.63) is 77.4 Å². The molecule has 3 N–H and O–H groups in total. The van der Waals surface area contributed by atoms with Crippen LogP contribution >= 0.6 is 0 Å². The number of anilines is 3. The van der Waals surface area contributed by atoms with Crippen LogP contribution < -0.4 is 15.5 Å². The van der Waals surface area contributed by atoms with Crippen molar-refractivity contribution in [1.82, 2.24) is 15.0 Å². The van der Waals surface area contributed by atoms with E-state index in [1.54, 1.807) is 30.2 Å². The van der Waals surface area contributed by atoms with Crippen molar-refractivity contribution in [2.45, 2.75) is 31.4 Å². The molecule has 0 bridgehead atoms. The van der Waals surface area contributed by atoms with Crippen LogP contribution in [0.3, 0.4) is 0 Å². The minimum atomic E-state index is -4.61. The molecule has 0 spiro atoms. The number of ether oxygens (including phenoxy) is 1. The summed E-state index contributed by atoms with van der Waals surface area (Å²) in [4.78, 5) is 39.9. The van der Waals surface area contributed by atoms with Gasteiger partial charge in [0.15, 0.2) is 0 Å². The molecule has 2 fully saturated rings. The highest BCUT2D eigenvalue weighted by Gasteiger charge is 2.53. The second-order valence-corrected chi connectivity index (χ2v) is 10.3. The number of hydrogen-bond acceptors (Lipinski definition) is 6. The number of nitrogens with zero attached hydrogens (tertiary/aromatic N) is 3. The van der Waals surface area contributed by atoms with E-state index in [-0.39, 0.29) is 22.8 Å². The fourth-order valence-electron chi connectivity index (χ4n) is 5.21. The van der Waals surface area contributed by atoms with Gasteiger partial charge in [0.1, 0.15) is 12.0 Å². The fourth-order valence-corrected chi connectivity index (χ4v) is 5.21. The maximum Gasteiger partial charge on any atom is 0.418 e. The molecule has 12 heteroatoms.